The van der Waals surface area contributed by atoms with Gasteiger partial charge in [-0.25, -0.2) is 0 Å². The van der Waals surface area contributed by atoms with Gasteiger partial charge in [-0.3, -0.25) is 0 Å². The van der Waals surface area contributed by atoms with Gasteiger partial charge in [-0.15, -0.1) is 12.3 Å². The minimum atomic E-state index is -0.0417. The van der Waals surface area contributed by atoms with Crippen LogP contribution >= 0.6 is 0 Å². The van der Waals surface area contributed by atoms with Crippen molar-refractivity contribution in [3.63, 3.8) is 0 Å². The average Bonchev–Trinajstić information content (AvgIpc) is 1.83. The Kier molecular flexibility index (Phi) is 3.71. The summed E-state index contributed by atoms with van der Waals surface area (Å²) < 4.78 is 0. The lowest BCUT2D eigenvalue weighted by Gasteiger charge is -1.95. The van der Waals surface area contributed by atoms with Crippen molar-refractivity contribution in [2.45, 2.75) is 12.8 Å². The molecule has 0 aromatic heterocycles. The molecule has 0 saturated carbocycles. The van der Waals surface area contributed by atoms with Gasteiger partial charge in [0.05, 0.1) is 12.0 Å². The van der Waals surface area contributed by atoms with Crippen LogP contribution < -0.4 is 0 Å². The molecule has 8 heavy (non-hydrogen) atoms. The van der Waals surface area contributed by atoms with E-state index in [0.717, 1.165) is 0 Å². The highest BCUT2D eigenvalue weighted by molar-refractivity contribution is 4.95. The maximum atomic E-state index is 8.27. The van der Waals surface area contributed by atoms with E-state index in [9.17, 15) is 0 Å². The lowest BCUT2D eigenvalue weighted by molar-refractivity contribution is 0.700. The number of rotatable bonds is 2. The molecule has 0 rings (SSSR count). The summed E-state index contributed by atoms with van der Waals surface area (Å²) in [7, 11) is 0. The molecule has 1 radical (unpaired) electrons. The molecule has 0 N–H and O–H groups in total. The van der Waals surface area contributed by atoms with Crippen LogP contribution in [0.4, 0.5) is 0 Å². The molecule has 1 unspecified atom stereocenters. The summed E-state index contributed by atoms with van der Waals surface area (Å²) in [6, 6.07) is 2.05. The summed E-state index contributed by atoms with van der Waals surface area (Å²) >= 11 is 0. The van der Waals surface area contributed by atoms with E-state index in [1.165, 1.54) is 0 Å². The molecule has 0 aromatic rings. The summed E-state index contributed by atoms with van der Waals surface area (Å²) in [4.78, 5) is 0. The van der Waals surface area contributed by atoms with Gasteiger partial charge >= 0.3 is 0 Å². The Labute approximate surface area is 50.3 Å². The molecular weight excluding hydrogens is 98.1 g/mol. The first-order chi connectivity index (χ1) is 3.85. The fraction of sp³-hybridized carbons (Fsp3) is 0.429. The first-order valence-corrected chi connectivity index (χ1v) is 2.47. The van der Waals surface area contributed by atoms with E-state index in [2.05, 4.69) is 12.8 Å². The zero-order chi connectivity index (χ0) is 6.41. The molecule has 0 aliphatic rings. The number of hydrogen-bond donors (Lipinski definition) is 0. The fourth-order valence-electron chi connectivity index (χ4n) is 0.355. The zero-order valence-electron chi connectivity index (χ0n) is 4.72. The lowest BCUT2D eigenvalue weighted by atomic mass is 10.1. The van der Waals surface area contributed by atoms with Gasteiger partial charge in [0.15, 0.2) is 0 Å². The van der Waals surface area contributed by atoms with Gasteiger partial charge in [0, 0.05) is 6.42 Å². The van der Waals surface area contributed by atoms with Crippen LogP contribution in [0.5, 0.6) is 0 Å². The maximum absolute atomic E-state index is 8.27. The topological polar surface area (TPSA) is 23.8 Å². The van der Waals surface area contributed by atoms with E-state index in [-0.39, 0.29) is 5.92 Å². The second-order valence-electron chi connectivity index (χ2n) is 1.52. The van der Waals surface area contributed by atoms with Crippen LogP contribution in [0.15, 0.2) is 0 Å². The van der Waals surface area contributed by atoms with Crippen LogP contribution in [0.1, 0.15) is 12.8 Å². The Morgan fingerprint density at radius 1 is 1.75 bits per heavy atom. The van der Waals surface area contributed by atoms with Crippen molar-refractivity contribution in [2.24, 2.45) is 5.92 Å². The van der Waals surface area contributed by atoms with Gasteiger partial charge < -0.3 is 0 Å². The maximum Gasteiger partial charge on any atom is 0.0665 e. The Hall–Kier alpha value is -0.950. The fourth-order valence-corrected chi connectivity index (χ4v) is 0.355. The third-order valence-electron chi connectivity index (χ3n) is 0.895. The van der Waals surface area contributed by atoms with Crippen molar-refractivity contribution in [3.05, 3.63) is 6.92 Å². The third kappa shape index (κ3) is 2.26. The van der Waals surface area contributed by atoms with Gasteiger partial charge in [-0.05, 0) is 6.42 Å². The average molecular weight is 106 g/mol. The summed E-state index contributed by atoms with van der Waals surface area (Å²) in [5, 5.41) is 8.27. The van der Waals surface area contributed by atoms with E-state index in [0.29, 0.717) is 12.8 Å². The quantitative estimate of drug-likeness (QED) is 0.488. The molecule has 1 atom stereocenters. The standard InChI is InChI=1S/C7H8N/c1-3-5-7(4-2)6-8/h1,7H,2,4-5H2. The van der Waals surface area contributed by atoms with Crippen molar-refractivity contribution >= 4 is 0 Å². The summed E-state index contributed by atoms with van der Waals surface area (Å²) in [6.07, 6.45) is 6.09. The molecular formula is C7H8N. The monoisotopic (exact) mass is 106 g/mol. The highest BCUT2D eigenvalue weighted by Gasteiger charge is 1.98. The molecule has 0 spiro atoms. The minimum Gasteiger partial charge on any atom is -0.198 e. The largest absolute Gasteiger partial charge is 0.198 e. The SMILES string of the molecule is C#CCC(C#N)C[CH2]. The molecule has 41 valence electrons. The van der Waals surface area contributed by atoms with E-state index in [4.69, 9.17) is 11.7 Å². The molecule has 0 aromatic carbocycles. The van der Waals surface area contributed by atoms with E-state index >= 15 is 0 Å². The van der Waals surface area contributed by atoms with Crippen LogP contribution in [-0.4, -0.2) is 0 Å². The lowest BCUT2D eigenvalue weighted by Crippen LogP contribution is -1.90. The van der Waals surface area contributed by atoms with Crippen molar-refractivity contribution in [1.82, 2.24) is 0 Å². The van der Waals surface area contributed by atoms with Gasteiger partial charge in [0.25, 0.3) is 0 Å². The van der Waals surface area contributed by atoms with Crippen LogP contribution in [0.25, 0.3) is 0 Å². The first-order valence-electron chi connectivity index (χ1n) is 2.47. The molecule has 0 saturated heterocycles. The summed E-state index contributed by atoms with van der Waals surface area (Å²) in [5.74, 6) is 2.37. The van der Waals surface area contributed by atoms with Crippen LogP contribution in [0.2, 0.25) is 0 Å². The molecule has 0 amide bonds. The molecule has 0 bridgehead atoms. The molecule has 0 heterocycles. The number of nitriles is 1. The molecule has 0 aliphatic carbocycles. The Morgan fingerprint density at radius 2 is 2.38 bits per heavy atom. The Bertz CT molecular complexity index is 124. The third-order valence-corrected chi connectivity index (χ3v) is 0.895. The molecule has 1 nitrogen and oxygen atoms in total. The van der Waals surface area contributed by atoms with Gasteiger partial charge in [0.2, 0.25) is 0 Å². The summed E-state index contributed by atoms with van der Waals surface area (Å²) in [6.45, 7) is 3.56. The Balaban J connectivity index is 3.45. The van der Waals surface area contributed by atoms with Gasteiger partial charge in [0.1, 0.15) is 0 Å². The number of terminal acetylenes is 1. The van der Waals surface area contributed by atoms with E-state index in [1.807, 2.05) is 6.07 Å². The molecule has 0 fully saturated rings. The zero-order valence-corrected chi connectivity index (χ0v) is 4.72. The molecule has 1 heteroatoms. The first kappa shape index (κ1) is 7.05. The van der Waals surface area contributed by atoms with Crippen LogP contribution in [0, 0.1) is 36.5 Å². The minimum absolute atomic E-state index is 0.0417. The predicted molar refractivity (Wildman–Crippen MR) is 32.5 cm³/mol. The van der Waals surface area contributed by atoms with Crippen molar-refractivity contribution in [2.75, 3.05) is 0 Å². The van der Waals surface area contributed by atoms with Crippen LogP contribution in [-0.2, 0) is 0 Å². The number of nitrogens with zero attached hydrogens (tertiary/aromatic N) is 1. The highest BCUT2D eigenvalue weighted by Crippen LogP contribution is 2.02. The Morgan fingerprint density at radius 3 is 2.50 bits per heavy atom. The van der Waals surface area contributed by atoms with Crippen molar-refractivity contribution in [1.29, 1.82) is 5.26 Å². The van der Waals surface area contributed by atoms with Gasteiger partial charge in [-0.1, -0.05) is 6.92 Å². The molecule has 0 aliphatic heterocycles. The van der Waals surface area contributed by atoms with Crippen LogP contribution in [0.3, 0.4) is 0 Å². The van der Waals surface area contributed by atoms with Crippen molar-refractivity contribution < 1.29 is 0 Å². The summed E-state index contributed by atoms with van der Waals surface area (Å²) in [5.41, 5.74) is 0. The predicted octanol–water partition coefficient (Wildman–Crippen LogP) is 1.37. The highest BCUT2D eigenvalue weighted by atomic mass is 14.3. The van der Waals surface area contributed by atoms with E-state index < -0.39 is 0 Å². The van der Waals surface area contributed by atoms with Gasteiger partial charge in [-0.2, -0.15) is 5.26 Å². The van der Waals surface area contributed by atoms with E-state index in [1.54, 1.807) is 0 Å². The second kappa shape index (κ2) is 4.22. The normalized spacial score (nSPS) is 11.4. The number of hydrogen-bond acceptors (Lipinski definition) is 1. The second-order valence-corrected chi connectivity index (χ2v) is 1.52. The smallest absolute Gasteiger partial charge is 0.0665 e. The van der Waals surface area contributed by atoms with Crippen molar-refractivity contribution in [3.8, 4) is 18.4 Å².